The summed E-state index contributed by atoms with van der Waals surface area (Å²) in [5, 5.41) is 19.0. The molecule has 4 atom stereocenters. The van der Waals surface area contributed by atoms with E-state index in [4.69, 9.17) is 10.5 Å². The van der Waals surface area contributed by atoms with Crippen LogP contribution in [0.5, 0.6) is 0 Å². The van der Waals surface area contributed by atoms with Crippen LogP contribution in [0.2, 0.25) is 0 Å². The zero-order chi connectivity index (χ0) is 16.5. The van der Waals surface area contributed by atoms with Crippen LogP contribution in [0.3, 0.4) is 0 Å². The van der Waals surface area contributed by atoms with Gasteiger partial charge in [0.25, 0.3) is 0 Å². The molecule has 1 saturated heterocycles. The number of benzene rings is 1. The number of hydrogen-bond donors (Lipinski definition) is 1. The molecule has 5 nitrogen and oxygen atoms in total. The van der Waals surface area contributed by atoms with Crippen molar-refractivity contribution in [1.29, 1.82) is 10.5 Å². The molecule has 2 N–H and O–H groups in total. The Morgan fingerprint density at radius 2 is 2.00 bits per heavy atom. The topological polar surface area (TPSA) is 95.2 Å². The van der Waals surface area contributed by atoms with Crippen LogP contribution in [0.1, 0.15) is 12.5 Å². The molecule has 0 amide bonds. The average molecular weight is 389 g/mol. The third-order valence-electron chi connectivity index (χ3n) is 5.56. The van der Waals surface area contributed by atoms with Crippen molar-refractivity contribution in [3.63, 3.8) is 0 Å². The number of rotatable bonds is 1. The van der Waals surface area contributed by atoms with E-state index in [1.807, 2.05) is 31.2 Å². The van der Waals surface area contributed by atoms with Crippen molar-refractivity contribution >= 4 is 33.5 Å². The third kappa shape index (κ3) is 1.26. The van der Waals surface area contributed by atoms with Gasteiger partial charge in [0.05, 0.1) is 18.7 Å². The molecule has 2 heterocycles. The predicted octanol–water partition coefficient (Wildman–Crippen LogP) is 2.53. The second-order valence-corrected chi connectivity index (χ2v) is 8.30. The summed E-state index contributed by atoms with van der Waals surface area (Å²) in [5.74, 6) is 0.944. The Kier molecular flexibility index (Phi) is 2.81. The number of fused-ring (bicyclic) bond motifs is 2. The normalized spacial score (nSPS) is 43.6. The molecule has 3 aliphatic rings. The van der Waals surface area contributed by atoms with Crippen molar-refractivity contribution in [2.45, 2.75) is 17.4 Å². The largest absolute Gasteiger partial charge is 0.386 e. The van der Waals surface area contributed by atoms with Crippen molar-refractivity contribution in [2.75, 3.05) is 12.4 Å². The SMILES string of the molecule is C[C@]1(c2ccc(Br)cc2)[C@]2(C#N)C(N)=N[C@@]3(OCCS3)[C@@]21C#N. The Bertz CT molecular complexity index is 820. The number of nitriles is 2. The summed E-state index contributed by atoms with van der Waals surface area (Å²) in [7, 11) is 0. The minimum atomic E-state index is -1.15. The highest BCUT2D eigenvalue weighted by molar-refractivity contribution is 9.10. The van der Waals surface area contributed by atoms with Gasteiger partial charge >= 0.3 is 0 Å². The molecule has 1 aliphatic carbocycles. The highest BCUT2D eigenvalue weighted by Crippen LogP contribution is 2.87. The Labute approximate surface area is 146 Å². The van der Waals surface area contributed by atoms with Crippen LogP contribution < -0.4 is 5.73 Å². The highest BCUT2D eigenvalue weighted by atomic mass is 79.9. The first-order chi connectivity index (χ1) is 11.0. The van der Waals surface area contributed by atoms with Gasteiger partial charge < -0.3 is 10.5 Å². The average Bonchev–Trinajstić information content (AvgIpc) is 2.83. The number of thioether (sulfide) groups is 1. The van der Waals surface area contributed by atoms with E-state index < -0.39 is 21.3 Å². The molecular formula is C16H13BrN4OS. The Morgan fingerprint density at radius 3 is 2.52 bits per heavy atom. The molecule has 7 heteroatoms. The van der Waals surface area contributed by atoms with Crippen LogP contribution in [-0.2, 0) is 10.2 Å². The maximum absolute atomic E-state index is 10.1. The van der Waals surface area contributed by atoms with E-state index in [-0.39, 0.29) is 5.84 Å². The van der Waals surface area contributed by atoms with Crippen LogP contribution in [0.4, 0.5) is 0 Å². The summed E-state index contributed by atoms with van der Waals surface area (Å²) in [5.41, 5.74) is 4.08. The Morgan fingerprint density at radius 1 is 1.30 bits per heavy atom. The van der Waals surface area contributed by atoms with Crippen molar-refractivity contribution in [3.8, 4) is 12.1 Å². The van der Waals surface area contributed by atoms with Gasteiger partial charge in [-0.1, -0.05) is 46.7 Å². The lowest BCUT2D eigenvalue weighted by Crippen LogP contribution is -2.38. The van der Waals surface area contributed by atoms with Crippen LogP contribution >= 0.6 is 27.7 Å². The second kappa shape index (κ2) is 4.30. The smallest absolute Gasteiger partial charge is 0.231 e. The zero-order valence-corrected chi connectivity index (χ0v) is 14.7. The number of nitrogens with two attached hydrogens (primary N) is 1. The van der Waals surface area contributed by atoms with Gasteiger partial charge in [0.1, 0.15) is 5.84 Å². The summed E-state index contributed by atoms with van der Waals surface area (Å²) < 4.78 is 6.84. The zero-order valence-electron chi connectivity index (χ0n) is 12.3. The number of aliphatic imine (C=N–C) groups is 1. The first-order valence-electron chi connectivity index (χ1n) is 7.18. The molecule has 0 bridgehead atoms. The fourth-order valence-electron chi connectivity index (χ4n) is 4.46. The van der Waals surface area contributed by atoms with Gasteiger partial charge in [-0.2, -0.15) is 10.5 Å². The molecular weight excluding hydrogens is 376 g/mol. The van der Waals surface area contributed by atoms with E-state index in [9.17, 15) is 10.5 Å². The van der Waals surface area contributed by atoms with Gasteiger partial charge in [0.2, 0.25) is 5.06 Å². The summed E-state index contributed by atoms with van der Waals surface area (Å²) in [6.07, 6.45) is 0. The van der Waals surface area contributed by atoms with E-state index in [0.29, 0.717) is 6.61 Å². The lowest BCUT2D eigenvalue weighted by Gasteiger charge is -2.30. The fraction of sp³-hybridized carbons (Fsp3) is 0.438. The molecule has 23 heavy (non-hydrogen) atoms. The van der Waals surface area contributed by atoms with Gasteiger partial charge in [-0.15, -0.1) is 0 Å². The van der Waals surface area contributed by atoms with Gasteiger partial charge in [-0.25, -0.2) is 4.99 Å². The molecule has 1 aromatic carbocycles. The fourth-order valence-corrected chi connectivity index (χ4v) is 6.12. The van der Waals surface area contributed by atoms with Crippen molar-refractivity contribution in [2.24, 2.45) is 21.6 Å². The summed E-state index contributed by atoms with van der Waals surface area (Å²) in [6, 6.07) is 12.4. The van der Waals surface area contributed by atoms with Crippen molar-refractivity contribution < 1.29 is 4.74 Å². The molecule has 4 rings (SSSR count). The quantitative estimate of drug-likeness (QED) is 0.797. The molecule has 2 fully saturated rings. The Hall–Kier alpha value is -1.54. The van der Waals surface area contributed by atoms with Gasteiger partial charge in [0, 0.05) is 15.6 Å². The van der Waals surface area contributed by atoms with Gasteiger partial charge in [-0.3, -0.25) is 0 Å². The summed E-state index contributed by atoms with van der Waals surface area (Å²) in [6.45, 7) is 2.43. The first kappa shape index (κ1) is 15.0. The summed E-state index contributed by atoms with van der Waals surface area (Å²) >= 11 is 4.89. The monoisotopic (exact) mass is 388 g/mol. The van der Waals surface area contributed by atoms with Gasteiger partial charge in [-0.05, 0) is 17.7 Å². The van der Waals surface area contributed by atoms with Gasteiger partial charge in [0.15, 0.2) is 10.8 Å². The lowest BCUT2D eigenvalue weighted by molar-refractivity contribution is 0.0151. The van der Waals surface area contributed by atoms with Crippen molar-refractivity contribution in [1.82, 2.24) is 0 Å². The summed E-state index contributed by atoms with van der Waals surface area (Å²) in [4.78, 5) is 4.46. The minimum Gasteiger partial charge on any atom is -0.386 e. The number of nitrogens with zero attached hydrogens (tertiary/aromatic N) is 3. The molecule has 1 aromatic rings. The molecule has 1 spiro atoms. The van der Waals surface area contributed by atoms with Crippen LogP contribution in [0.25, 0.3) is 0 Å². The predicted molar refractivity (Wildman–Crippen MR) is 90.3 cm³/mol. The number of ether oxygens (including phenoxy) is 1. The molecule has 0 unspecified atom stereocenters. The van der Waals surface area contributed by atoms with E-state index in [2.05, 4.69) is 33.1 Å². The van der Waals surface area contributed by atoms with Crippen molar-refractivity contribution in [3.05, 3.63) is 34.3 Å². The van der Waals surface area contributed by atoms with E-state index >= 15 is 0 Å². The van der Waals surface area contributed by atoms with Crippen LogP contribution in [0.15, 0.2) is 33.7 Å². The maximum Gasteiger partial charge on any atom is 0.231 e. The molecule has 116 valence electrons. The number of amidine groups is 1. The van der Waals surface area contributed by atoms with Crippen LogP contribution in [0, 0.1) is 33.5 Å². The van der Waals surface area contributed by atoms with E-state index in [1.165, 1.54) is 11.8 Å². The molecule has 2 aliphatic heterocycles. The first-order valence-corrected chi connectivity index (χ1v) is 8.96. The number of halogens is 1. The molecule has 0 aromatic heterocycles. The number of hydrogen-bond acceptors (Lipinski definition) is 6. The highest BCUT2D eigenvalue weighted by Gasteiger charge is 2.99. The maximum atomic E-state index is 10.1. The standard InChI is InChI=1S/C16H13BrN4OS/c1-13(10-2-4-11(17)5-3-10)14(8-18)12(20)21-16(15(13,14)9-19)22-6-7-23-16/h2-5H,6-7H2,1H3,(H2,20,21)/t13-,14-,15+,16+/m0/s1. The van der Waals surface area contributed by atoms with E-state index in [1.54, 1.807) is 0 Å². The second-order valence-electron chi connectivity index (χ2n) is 6.13. The lowest BCUT2D eigenvalue weighted by atomic mass is 9.85. The third-order valence-corrected chi connectivity index (χ3v) is 7.37. The molecule has 1 saturated carbocycles. The Balaban J connectivity index is 2.00. The molecule has 0 radical (unpaired) electrons. The minimum absolute atomic E-state index is 0.210. The van der Waals surface area contributed by atoms with E-state index in [0.717, 1.165) is 15.8 Å². The van der Waals surface area contributed by atoms with Crippen LogP contribution in [-0.4, -0.2) is 23.3 Å².